The summed E-state index contributed by atoms with van der Waals surface area (Å²) in [4.78, 5) is 19.6. The second-order valence-corrected chi connectivity index (χ2v) is 5.89. The lowest BCUT2D eigenvalue weighted by Crippen LogP contribution is -2.53. The van der Waals surface area contributed by atoms with Gasteiger partial charge in [-0.2, -0.15) is 0 Å². The molecule has 1 aliphatic heterocycles. The summed E-state index contributed by atoms with van der Waals surface area (Å²) < 4.78 is 5.09. The van der Waals surface area contributed by atoms with E-state index in [-0.39, 0.29) is 5.97 Å². The van der Waals surface area contributed by atoms with Crippen molar-refractivity contribution < 1.29 is 14.4 Å². The van der Waals surface area contributed by atoms with E-state index in [1.165, 1.54) is 0 Å². The minimum atomic E-state index is -0.448. The number of methoxy groups -OCH3 is 1. The highest BCUT2D eigenvalue weighted by Crippen LogP contribution is 2.18. The Balaban J connectivity index is 2.39. The molecule has 5 heteroatoms. The molecule has 0 aromatic rings. The summed E-state index contributed by atoms with van der Waals surface area (Å²) in [6.45, 7) is 11.8. The number of carbonyl (C=O) groups is 1. The van der Waals surface area contributed by atoms with Crippen molar-refractivity contribution in [3.05, 3.63) is 0 Å². The number of rotatable bonds is 4. The fourth-order valence-corrected chi connectivity index (χ4v) is 1.84. The van der Waals surface area contributed by atoms with E-state index < -0.39 is 5.41 Å². The van der Waals surface area contributed by atoms with Gasteiger partial charge in [-0.1, -0.05) is 0 Å². The number of hydrogen-bond acceptors (Lipinski definition) is 5. The summed E-state index contributed by atoms with van der Waals surface area (Å²) >= 11 is 0. The second kappa shape index (κ2) is 6.50. The number of piperazine rings is 1. The number of nitrogens with zero attached hydrogens (tertiary/aromatic N) is 2. The van der Waals surface area contributed by atoms with E-state index >= 15 is 0 Å². The molecule has 0 amide bonds. The SMILES string of the molecule is COCCN1CCN(OC(=O)C(C)(C)C)CC1C. The fraction of sp³-hybridized carbons (Fsp3) is 0.923. The molecule has 5 nitrogen and oxygen atoms in total. The Labute approximate surface area is 110 Å². The smallest absolute Gasteiger partial charge is 0.330 e. The summed E-state index contributed by atoms with van der Waals surface area (Å²) in [6.07, 6.45) is 0. The van der Waals surface area contributed by atoms with Crippen molar-refractivity contribution in [2.45, 2.75) is 33.7 Å². The van der Waals surface area contributed by atoms with E-state index in [0.29, 0.717) is 6.04 Å². The lowest BCUT2D eigenvalue weighted by atomic mass is 9.98. The molecule has 106 valence electrons. The zero-order chi connectivity index (χ0) is 13.8. The number of hydroxylamine groups is 2. The summed E-state index contributed by atoms with van der Waals surface area (Å²) in [7, 11) is 1.71. The molecule has 18 heavy (non-hydrogen) atoms. The largest absolute Gasteiger partial charge is 0.383 e. The van der Waals surface area contributed by atoms with Gasteiger partial charge in [0.25, 0.3) is 0 Å². The maximum absolute atomic E-state index is 11.8. The predicted molar refractivity (Wildman–Crippen MR) is 70.0 cm³/mol. The average Bonchev–Trinajstić information content (AvgIpc) is 2.26. The van der Waals surface area contributed by atoms with Crippen molar-refractivity contribution in [2.24, 2.45) is 5.41 Å². The maximum atomic E-state index is 11.8. The van der Waals surface area contributed by atoms with Crippen LogP contribution in [0.4, 0.5) is 0 Å². The molecule has 0 radical (unpaired) electrons. The molecule has 1 aliphatic rings. The van der Waals surface area contributed by atoms with Gasteiger partial charge in [-0.3, -0.25) is 4.90 Å². The minimum Gasteiger partial charge on any atom is -0.383 e. The highest BCUT2D eigenvalue weighted by atomic mass is 16.7. The van der Waals surface area contributed by atoms with E-state index in [1.807, 2.05) is 20.8 Å². The normalized spacial score (nSPS) is 23.1. The Kier molecular flexibility index (Phi) is 5.56. The Morgan fingerprint density at radius 1 is 1.33 bits per heavy atom. The molecule has 0 bridgehead atoms. The third-order valence-electron chi connectivity index (χ3n) is 3.13. The molecule has 1 unspecified atom stereocenters. The van der Waals surface area contributed by atoms with Crippen LogP contribution < -0.4 is 0 Å². The van der Waals surface area contributed by atoms with Gasteiger partial charge in [-0.15, -0.1) is 5.06 Å². The van der Waals surface area contributed by atoms with Crippen LogP contribution in [0.3, 0.4) is 0 Å². The second-order valence-electron chi connectivity index (χ2n) is 5.89. The molecule has 0 spiro atoms. The van der Waals surface area contributed by atoms with E-state index in [1.54, 1.807) is 12.2 Å². The maximum Gasteiger partial charge on any atom is 0.330 e. The molecule has 1 fully saturated rings. The van der Waals surface area contributed by atoms with Gasteiger partial charge in [0.2, 0.25) is 0 Å². The molecule has 1 saturated heterocycles. The first-order chi connectivity index (χ1) is 8.34. The van der Waals surface area contributed by atoms with Crippen LogP contribution in [0.2, 0.25) is 0 Å². The lowest BCUT2D eigenvalue weighted by Gasteiger charge is -2.39. The van der Waals surface area contributed by atoms with Gasteiger partial charge < -0.3 is 9.57 Å². The van der Waals surface area contributed by atoms with Crippen molar-refractivity contribution in [2.75, 3.05) is 39.9 Å². The van der Waals surface area contributed by atoms with Crippen molar-refractivity contribution in [1.29, 1.82) is 0 Å². The van der Waals surface area contributed by atoms with E-state index in [4.69, 9.17) is 9.57 Å². The van der Waals surface area contributed by atoms with E-state index in [0.717, 1.165) is 32.8 Å². The van der Waals surface area contributed by atoms with Gasteiger partial charge in [-0.25, -0.2) is 4.79 Å². The van der Waals surface area contributed by atoms with Crippen molar-refractivity contribution in [3.8, 4) is 0 Å². The Hall–Kier alpha value is -0.650. The van der Waals surface area contributed by atoms with Gasteiger partial charge >= 0.3 is 5.97 Å². The van der Waals surface area contributed by atoms with Crippen LogP contribution in [0.5, 0.6) is 0 Å². The van der Waals surface area contributed by atoms with Crippen LogP contribution in [0.1, 0.15) is 27.7 Å². The first-order valence-corrected chi connectivity index (χ1v) is 6.55. The quantitative estimate of drug-likeness (QED) is 0.756. The highest BCUT2D eigenvalue weighted by molar-refractivity contribution is 5.75. The third kappa shape index (κ3) is 4.55. The molecule has 1 atom stereocenters. The molecular formula is C13H26N2O3. The molecule has 1 rings (SSSR count). The zero-order valence-electron chi connectivity index (χ0n) is 12.2. The van der Waals surface area contributed by atoms with Crippen LogP contribution in [-0.4, -0.2) is 61.9 Å². The van der Waals surface area contributed by atoms with Crippen molar-refractivity contribution in [1.82, 2.24) is 9.96 Å². The lowest BCUT2D eigenvalue weighted by molar-refractivity contribution is -0.211. The first-order valence-electron chi connectivity index (χ1n) is 6.55. The molecule has 1 heterocycles. The molecule has 0 N–H and O–H groups in total. The van der Waals surface area contributed by atoms with Gasteiger partial charge in [0.1, 0.15) is 0 Å². The monoisotopic (exact) mass is 258 g/mol. The molecule has 0 saturated carbocycles. The third-order valence-corrected chi connectivity index (χ3v) is 3.13. The van der Waals surface area contributed by atoms with Crippen LogP contribution in [-0.2, 0) is 14.4 Å². The zero-order valence-corrected chi connectivity index (χ0v) is 12.2. The van der Waals surface area contributed by atoms with Crippen LogP contribution in [0.25, 0.3) is 0 Å². The summed E-state index contributed by atoms with van der Waals surface area (Å²) in [5.41, 5.74) is -0.448. The average molecular weight is 258 g/mol. The van der Waals surface area contributed by atoms with Crippen molar-refractivity contribution in [3.63, 3.8) is 0 Å². The van der Waals surface area contributed by atoms with E-state index in [9.17, 15) is 4.79 Å². The standard InChI is InChI=1S/C13H26N2O3/c1-11-10-15(18-12(16)13(2,3)4)7-6-14(11)8-9-17-5/h11H,6-10H2,1-5H3. The Morgan fingerprint density at radius 3 is 2.50 bits per heavy atom. The molecule has 0 aliphatic carbocycles. The molecule has 0 aromatic heterocycles. The highest BCUT2D eigenvalue weighted by Gasteiger charge is 2.30. The number of hydrogen-bond donors (Lipinski definition) is 0. The van der Waals surface area contributed by atoms with Gasteiger partial charge in [0.05, 0.1) is 18.6 Å². The first kappa shape index (κ1) is 15.4. The van der Waals surface area contributed by atoms with Gasteiger partial charge in [0, 0.05) is 32.8 Å². The van der Waals surface area contributed by atoms with Gasteiger partial charge in [0.15, 0.2) is 0 Å². The minimum absolute atomic E-state index is 0.167. The summed E-state index contributed by atoms with van der Waals surface area (Å²) in [5.74, 6) is -0.167. The van der Waals surface area contributed by atoms with Crippen LogP contribution >= 0.6 is 0 Å². The van der Waals surface area contributed by atoms with Gasteiger partial charge in [-0.05, 0) is 27.7 Å². The topological polar surface area (TPSA) is 42.0 Å². The van der Waals surface area contributed by atoms with Crippen LogP contribution in [0, 0.1) is 5.41 Å². The molecule has 0 aromatic carbocycles. The number of ether oxygens (including phenoxy) is 1. The fourth-order valence-electron chi connectivity index (χ4n) is 1.84. The Morgan fingerprint density at radius 2 is 2.00 bits per heavy atom. The van der Waals surface area contributed by atoms with Crippen molar-refractivity contribution >= 4 is 5.97 Å². The summed E-state index contributed by atoms with van der Waals surface area (Å²) in [5, 5.41) is 1.78. The Bertz CT molecular complexity index is 276. The molecular weight excluding hydrogens is 232 g/mol. The van der Waals surface area contributed by atoms with Crippen LogP contribution in [0.15, 0.2) is 0 Å². The predicted octanol–water partition coefficient (Wildman–Crippen LogP) is 1.14. The summed E-state index contributed by atoms with van der Waals surface area (Å²) in [6, 6.07) is 0.377. The number of carbonyl (C=O) groups excluding carboxylic acids is 1. The van der Waals surface area contributed by atoms with E-state index in [2.05, 4.69) is 11.8 Å².